The second-order valence-corrected chi connectivity index (χ2v) is 15.9. The Kier molecular flexibility index (Phi) is 9.28. The van der Waals surface area contributed by atoms with Crippen molar-refractivity contribution in [2.24, 2.45) is 5.92 Å². The third-order valence-electron chi connectivity index (χ3n) is 10.0. The first-order valence-electron chi connectivity index (χ1n) is 16.7. The van der Waals surface area contributed by atoms with Gasteiger partial charge in [0.1, 0.15) is 35.2 Å². The number of nitrogens with zero attached hydrogens (tertiary/aromatic N) is 3. The van der Waals surface area contributed by atoms with Crippen LogP contribution < -0.4 is 20.1 Å². The van der Waals surface area contributed by atoms with Crippen LogP contribution in [0.15, 0.2) is 30.4 Å². The van der Waals surface area contributed by atoms with Crippen LogP contribution >= 0.6 is 0 Å². The lowest BCUT2D eigenvalue weighted by Crippen LogP contribution is -2.58. The van der Waals surface area contributed by atoms with Crippen molar-refractivity contribution in [2.75, 3.05) is 6.54 Å². The van der Waals surface area contributed by atoms with Crippen molar-refractivity contribution >= 4 is 44.9 Å². The van der Waals surface area contributed by atoms with E-state index in [0.29, 0.717) is 49.7 Å². The fraction of sp³-hybridized carbons (Fsp3) is 0.576. The predicted octanol–water partition coefficient (Wildman–Crippen LogP) is 2.71. The summed E-state index contributed by atoms with van der Waals surface area (Å²) in [6, 6.07) is 1.68. The molecule has 4 aliphatic rings. The van der Waals surface area contributed by atoms with E-state index in [1.165, 1.54) is 23.1 Å². The number of aryl methyl sites for hydroxylation is 1. The number of carbonyl (C=O) groups is 4. The summed E-state index contributed by atoms with van der Waals surface area (Å²) in [5.41, 5.74) is -0.341. The van der Waals surface area contributed by atoms with Crippen LogP contribution in [0.4, 0.5) is 9.18 Å². The maximum Gasteiger partial charge on any atom is 0.405 e. The number of aromatic nitrogens is 2. The van der Waals surface area contributed by atoms with Crippen LogP contribution in [0, 0.1) is 11.7 Å². The van der Waals surface area contributed by atoms with Gasteiger partial charge in [-0.2, -0.15) is 0 Å². The fourth-order valence-electron chi connectivity index (χ4n) is 6.63. The highest BCUT2D eigenvalue weighted by Gasteiger charge is 2.63. The largest absolute Gasteiger partial charge is 0.471 e. The highest BCUT2D eigenvalue weighted by atomic mass is 32.2. The number of carbonyl (C=O) groups excluding carboxylic acids is 3. The van der Waals surface area contributed by atoms with Crippen molar-refractivity contribution in [3.63, 3.8) is 0 Å². The Labute approximate surface area is 283 Å². The van der Waals surface area contributed by atoms with E-state index in [2.05, 4.69) is 25.3 Å². The summed E-state index contributed by atoms with van der Waals surface area (Å²) in [7, 11) is -4.00. The van der Waals surface area contributed by atoms with E-state index in [-0.39, 0.29) is 37.2 Å². The number of rotatable bonds is 7. The zero-order valence-corrected chi connectivity index (χ0v) is 28.2. The van der Waals surface area contributed by atoms with Gasteiger partial charge in [0.2, 0.25) is 27.7 Å². The molecule has 1 aromatic carbocycles. The molecule has 0 radical (unpaired) electrons. The summed E-state index contributed by atoms with van der Waals surface area (Å²) in [5.74, 6) is -3.03. The zero-order chi connectivity index (χ0) is 35.1. The molecule has 49 heavy (non-hydrogen) atoms. The number of hydrogen-bond acceptors (Lipinski definition) is 9. The SMILES string of the molecule is CCc1nc2ccc(F)cc2nc1O[C@@H]1C[C@H]2C(=O)N[C@]3(C(=O)NS(=O)(=O)C4(C)CC4)C[C@H]3C=CCCCCC[C@H](NC(=O)O)C(=O)N2C1. The summed E-state index contributed by atoms with van der Waals surface area (Å²) in [4.78, 5) is 63.8. The van der Waals surface area contributed by atoms with Crippen molar-refractivity contribution in [2.45, 2.75) is 107 Å². The fourth-order valence-corrected chi connectivity index (χ4v) is 7.94. The van der Waals surface area contributed by atoms with Crippen LogP contribution in [-0.2, 0) is 30.8 Å². The Bertz CT molecular complexity index is 1820. The highest BCUT2D eigenvalue weighted by Crippen LogP contribution is 2.47. The van der Waals surface area contributed by atoms with Gasteiger partial charge in [-0.25, -0.2) is 27.6 Å². The van der Waals surface area contributed by atoms with E-state index in [4.69, 9.17) is 4.74 Å². The van der Waals surface area contributed by atoms with Gasteiger partial charge in [-0.15, -0.1) is 0 Å². The summed E-state index contributed by atoms with van der Waals surface area (Å²) >= 11 is 0. The van der Waals surface area contributed by atoms with E-state index >= 15 is 0 Å². The molecule has 3 heterocycles. The Balaban J connectivity index is 1.31. The average Bonchev–Trinajstić information content (AvgIpc) is 3.92. The summed E-state index contributed by atoms with van der Waals surface area (Å²) in [6.07, 6.45) is 5.76. The van der Waals surface area contributed by atoms with Crippen molar-refractivity contribution in [3.8, 4) is 5.88 Å². The average molecular weight is 701 g/mol. The van der Waals surface area contributed by atoms with E-state index in [0.717, 1.165) is 6.42 Å². The van der Waals surface area contributed by atoms with E-state index in [1.807, 2.05) is 19.1 Å². The number of allylic oxidation sites excluding steroid dienone is 1. The van der Waals surface area contributed by atoms with Crippen molar-refractivity contribution in [3.05, 3.63) is 41.9 Å². The van der Waals surface area contributed by atoms with Crippen LogP contribution in [-0.4, -0.2) is 87.2 Å². The lowest BCUT2D eigenvalue weighted by atomic mass is 10.1. The Morgan fingerprint density at radius 3 is 2.65 bits per heavy atom. The highest BCUT2D eigenvalue weighted by molar-refractivity contribution is 7.91. The molecule has 2 aromatic rings. The minimum atomic E-state index is -4.00. The molecule has 4 amide bonds. The van der Waals surface area contributed by atoms with E-state index in [9.17, 15) is 37.1 Å². The molecule has 0 bridgehead atoms. The van der Waals surface area contributed by atoms with Crippen molar-refractivity contribution in [1.29, 1.82) is 0 Å². The third-order valence-corrected chi connectivity index (χ3v) is 12.2. The second-order valence-electron chi connectivity index (χ2n) is 13.7. The zero-order valence-electron chi connectivity index (χ0n) is 27.4. The number of benzene rings is 1. The topological polar surface area (TPSA) is 197 Å². The quantitative estimate of drug-likeness (QED) is 0.312. The molecular formula is C33H41FN6O8S. The lowest BCUT2D eigenvalue weighted by molar-refractivity contribution is -0.141. The molecule has 1 aromatic heterocycles. The molecule has 264 valence electrons. The molecular weight excluding hydrogens is 659 g/mol. The molecule has 2 aliphatic heterocycles. The second kappa shape index (κ2) is 13.2. The summed E-state index contributed by atoms with van der Waals surface area (Å²) < 4.78 is 47.4. The predicted molar refractivity (Wildman–Crippen MR) is 174 cm³/mol. The van der Waals surface area contributed by atoms with Crippen LogP contribution in [0.25, 0.3) is 11.0 Å². The van der Waals surface area contributed by atoms with Gasteiger partial charge in [0.05, 0.1) is 22.3 Å². The van der Waals surface area contributed by atoms with E-state index < -0.39 is 74.0 Å². The van der Waals surface area contributed by atoms with Gasteiger partial charge in [-0.05, 0) is 64.0 Å². The van der Waals surface area contributed by atoms with Gasteiger partial charge in [-0.3, -0.25) is 19.1 Å². The Morgan fingerprint density at radius 2 is 1.94 bits per heavy atom. The van der Waals surface area contributed by atoms with Gasteiger partial charge in [0.25, 0.3) is 5.91 Å². The number of sulfonamides is 1. The molecule has 2 aliphatic carbocycles. The van der Waals surface area contributed by atoms with Crippen LogP contribution in [0.1, 0.15) is 77.3 Å². The Morgan fingerprint density at radius 1 is 1.16 bits per heavy atom. The molecule has 14 nitrogen and oxygen atoms in total. The van der Waals surface area contributed by atoms with Gasteiger partial charge in [0, 0.05) is 18.4 Å². The maximum atomic E-state index is 14.1. The molecule has 1 saturated heterocycles. The first-order valence-corrected chi connectivity index (χ1v) is 18.2. The first kappa shape index (κ1) is 34.5. The molecule has 0 spiro atoms. The van der Waals surface area contributed by atoms with E-state index in [1.54, 1.807) is 6.92 Å². The monoisotopic (exact) mass is 700 g/mol. The number of fused-ring (bicyclic) bond motifs is 3. The van der Waals surface area contributed by atoms with Crippen LogP contribution in [0.5, 0.6) is 5.88 Å². The smallest absolute Gasteiger partial charge is 0.405 e. The van der Waals surface area contributed by atoms with Gasteiger partial charge in [0.15, 0.2) is 0 Å². The molecule has 4 N–H and O–H groups in total. The lowest BCUT2D eigenvalue weighted by Gasteiger charge is -2.29. The molecule has 16 heteroatoms. The number of carboxylic acid groups (broad SMARTS) is 1. The number of halogens is 1. The van der Waals surface area contributed by atoms with Crippen LogP contribution in [0.3, 0.4) is 0 Å². The number of hydrogen-bond donors (Lipinski definition) is 4. The molecule has 3 fully saturated rings. The number of ether oxygens (including phenoxy) is 1. The van der Waals surface area contributed by atoms with Gasteiger partial charge >= 0.3 is 6.09 Å². The Hall–Kier alpha value is -4.34. The number of nitrogens with one attached hydrogen (secondary N) is 3. The molecule has 6 rings (SSSR count). The number of amides is 4. The minimum Gasteiger partial charge on any atom is -0.471 e. The standard InChI is InChI=1S/C33H41FN6O8S/c1-3-22-28(36-25-15-20(34)11-12-23(25)35-22)48-21-16-26-27(41)38-33(30(43)39-49(46,47)32(2)13-14-32)17-19(33)9-7-5-4-6-8-10-24(37-31(44)45)29(42)40(26)18-21/h7,9,11-12,15,19,21,24,26,37H,3-6,8,10,13-14,16-18H2,1-2H3,(H,38,41)(H,39,43)(H,44,45)/t19-,21-,24+,26+,33-/m1/s1. The van der Waals surface area contributed by atoms with Crippen molar-refractivity contribution in [1.82, 2.24) is 30.2 Å². The summed E-state index contributed by atoms with van der Waals surface area (Å²) in [6.45, 7) is 3.29. The summed E-state index contributed by atoms with van der Waals surface area (Å²) in [5, 5.41) is 14.6. The normalized spacial score (nSPS) is 28.3. The third kappa shape index (κ3) is 7.05. The first-order chi connectivity index (χ1) is 23.2. The van der Waals surface area contributed by atoms with Gasteiger partial charge in [-0.1, -0.05) is 31.9 Å². The van der Waals surface area contributed by atoms with Crippen LogP contribution in [0.2, 0.25) is 0 Å². The molecule has 0 unspecified atom stereocenters. The van der Waals surface area contributed by atoms with Gasteiger partial charge < -0.3 is 25.4 Å². The maximum absolute atomic E-state index is 14.1. The molecule has 2 saturated carbocycles. The van der Waals surface area contributed by atoms with Crippen molar-refractivity contribution < 1.29 is 41.8 Å². The molecule has 5 atom stereocenters. The minimum absolute atomic E-state index is 0.0437.